The lowest BCUT2D eigenvalue weighted by Gasteiger charge is -2.01. The van der Waals surface area contributed by atoms with E-state index < -0.39 is 0 Å². The molecule has 114 valence electrons. The van der Waals surface area contributed by atoms with Crippen molar-refractivity contribution in [2.24, 2.45) is 0 Å². The van der Waals surface area contributed by atoms with E-state index in [9.17, 15) is 4.79 Å². The summed E-state index contributed by atoms with van der Waals surface area (Å²) >= 11 is 1.32. The third kappa shape index (κ3) is 3.61. The molecule has 4 N–H and O–H groups in total. The van der Waals surface area contributed by atoms with Gasteiger partial charge in [-0.05, 0) is 12.7 Å². The van der Waals surface area contributed by atoms with Crippen LogP contribution in [0.1, 0.15) is 36.8 Å². The van der Waals surface area contributed by atoms with Gasteiger partial charge in [-0.1, -0.05) is 31.5 Å². The van der Waals surface area contributed by atoms with Crippen molar-refractivity contribution >= 4 is 34.7 Å². The summed E-state index contributed by atoms with van der Waals surface area (Å²) in [7, 11) is 0. The highest BCUT2D eigenvalue weighted by atomic mass is 32.2. The van der Waals surface area contributed by atoms with Crippen molar-refractivity contribution in [1.29, 1.82) is 0 Å². The van der Waals surface area contributed by atoms with Crippen LogP contribution in [0.4, 0.5) is 5.82 Å². The van der Waals surface area contributed by atoms with Gasteiger partial charge in [0, 0.05) is 6.54 Å². The predicted molar refractivity (Wildman–Crippen MR) is 80.7 cm³/mol. The zero-order valence-corrected chi connectivity index (χ0v) is 12.8. The summed E-state index contributed by atoms with van der Waals surface area (Å²) < 4.78 is 0. The van der Waals surface area contributed by atoms with Gasteiger partial charge in [-0.25, -0.2) is 15.0 Å². The van der Waals surface area contributed by atoms with Crippen LogP contribution in [0.5, 0.6) is 0 Å². The molecule has 0 atom stereocenters. The number of hydrogen-bond donors (Lipinski definition) is 4. The summed E-state index contributed by atoms with van der Waals surface area (Å²) in [5.74, 6) is 0.0612. The fourth-order valence-electron chi connectivity index (χ4n) is 1.82. The highest BCUT2D eigenvalue weighted by Gasteiger charge is 2.16. The molecule has 0 aromatic carbocycles. The van der Waals surface area contributed by atoms with Crippen LogP contribution in [0, 0.1) is 0 Å². The van der Waals surface area contributed by atoms with Crippen LogP contribution in [-0.2, 0) is 0 Å². The number of nitrogens with zero attached hydrogens (tertiary/aromatic N) is 3. The summed E-state index contributed by atoms with van der Waals surface area (Å²) in [5.41, 5.74) is 2.72. The van der Waals surface area contributed by atoms with E-state index in [1.54, 1.807) is 0 Å². The van der Waals surface area contributed by atoms with Crippen molar-refractivity contribution in [1.82, 2.24) is 25.3 Å². The zero-order chi connectivity index (χ0) is 15.2. The number of hydrogen-bond acceptors (Lipinski definition) is 7. The first-order valence-electron chi connectivity index (χ1n) is 6.69. The van der Waals surface area contributed by atoms with Gasteiger partial charge < -0.3 is 10.3 Å². The van der Waals surface area contributed by atoms with E-state index in [2.05, 4.69) is 32.2 Å². The average Bonchev–Trinajstić information content (AvgIpc) is 2.94. The van der Waals surface area contributed by atoms with Crippen molar-refractivity contribution in [2.45, 2.75) is 31.3 Å². The number of carbonyl (C=O) groups is 1. The van der Waals surface area contributed by atoms with Crippen LogP contribution >= 0.6 is 11.8 Å². The number of imidazole rings is 1. The van der Waals surface area contributed by atoms with E-state index in [-0.39, 0.29) is 17.5 Å². The van der Waals surface area contributed by atoms with Gasteiger partial charge >= 0.3 is 0 Å². The molecule has 0 radical (unpaired) electrons. The van der Waals surface area contributed by atoms with Crippen molar-refractivity contribution in [2.75, 3.05) is 18.3 Å². The third-order valence-corrected chi connectivity index (χ3v) is 3.45. The molecule has 0 aliphatic carbocycles. The fraction of sp³-hybridized carbons (Fsp3) is 0.500. The Labute approximate surface area is 126 Å². The van der Waals surface area contributed by atoms with Gasteiger partial charge in [0.05, 0.1) is 0 Å². The second kappa shape index (κ2) is 7.23. The van der Waals surface area contributed by atoms with E-state index in [4.69, 9.17) is 5.21 Å². The minimum atomic E-state index is -0.293. The van der Waals surface area contributed by atoms with Gasteiger partial charge in [0.25, 0.3) is 5.91 Å². The van der Waals surface area contributed by atoms with Crippen LogP contribution in [-0.4, -0.2) is 43.9 Å². The number of H-pyrrole nitrogens is 1. The van der Waals surface area contributed by atoms with Gasteiger partial charge in [-0.3, -0.25) is 15.5 Å². The standard InChI is InChI=1S/C12H18N6O2S/c1-3-4-5-6-13-11(19)10-14-7-8(15-10)16-12(21-2)17-9(7)18-20/h20H,3-6H2,1-2H3,(H,13,19)(H2,14,15,16,17,18). The molecule has 8 nitrogen and oxygen atoms in total. The average molecular weight is 310 g/mol. The van der Waals surface area contributed by atoms with Gasteiger partial charge in [-0.15, -0.1) is 0 Å². The Balaban J connectivity index is 2.19. The monoisotopic (exact) mass is 310 g/mol. The lowest BCUT2D eigenvalue weighted by Crippen LogP contribution is -2.25. The highest BCUT2D eigenvalue weighted by Crippen LogP contribution is 2.21. The van der Waals surface area contributed by atoms with E-state index in [1.807, 2.05) is 11.7 Å². The predicted octanol–water partition coefficient (Wildman–Crippen LogP) is 1.80. The third-order valence-electron chi connectivity index (χ3n) is 2.90. The Kier molecular flexibility index (Phi) is 5.34. The summed E-state index contributed by atoms with van der Waals surface area (Å²) in [5, 5.41) is 12.4. The molecule has 0 spiro atoms. The Bertz CT molecular complexity index is 629. The number of unbranched alkanes of at least 4 members (excludes halogenated alkanes) is 2. The van der Waals surface area contributed by atoms with E-state index >= 15 is 0 Å². The maximum absolute atomic E-state index is 12.0. The van der Waals surface area contributed by atoms with Crippen LogP contribution in [0.2, 0.25) is 0 Å². The normalized spacial score (nSPS) is 10.8. The number of aromatic nitrogens is 4. The molecule has 9 heteroatoms. The minimum Gasteiger partial charge on any atom is -0.349 e. The number of rotatable bonds is 7. The van der Waals surface area contributed by atoms with Crippen LogP contribution in [0.25, 0.3) is 11.2 Å². The van der Waals surface area contributed by atoms with Crippen molar-refractivity contribution in [3.8, 4) is 0 Å². The largest absolute Gasteiger partial charge is 0.349 e. The molecule has 2 heterocycles. The van der Waals surface area contributed by atoms with Gasteiger partial charge in [0.15, 0.2) is 22.4 Å². The van der Waals surface area contributed by atoms with Crippen LogP contribution in [0.3, 0.4) is 0 Å². The maximum atomic E-state index is 12.0. The van der Waals surface area contributed by atoms with Gasteiger partial charge in [0.1, 0.15) is 5.52 Å². The zero-order valence-electron chi connectivity index (χ0n) is 11.9. The molecule has 0 saturated carbocycles. The smallest absolute Gasteiger partial charge is 0.287 e. The number of amides is 1. The van der Waals surface area contributed by atoms with E-state index in [0.717, 1.165) is 19.3 Å². The fourth-order valence-corrected chi connectivity index (χ4v) is 2.18. The molecule has 0 aliphatic heterocycles. The summed E-state index contributed by atoms with van der Waals surface area (Å²) in [6, 6.07) is 0. The Morgan fingerprint density at radius 1 is 1.33 bits per heavy atom. The molecular weight excluding hydrogens is 292 g/mol. The lowest BCUT2D eigenvalue weighted by molar-refractivity contribution is 0.0944. The quantitative estimate of drug-likeness (QED) is 0.267. The minimum absolute atomic E-state index is 0.158. The Hall–Kier alpha value is -1.87. The van der Waals surface area contributed by atoms with Gasteiger partial charge in [0.2, 0.25) is 0 Å². The number of thioether (sulfide) groups is 1. The molecule has 1 amide bonds. The summed E-state index contributed by atoms with van der Waals surface area (Å²) in [6.07, 6.45) is 4.92. The van der Waals surface area contributed by atoms with Crippen LogP contribution in [0.15, 0.2) is 5.16 Å². The summed E-state index contributed by atoms with van der Waals surface area (Å²) in [6.45, 7) is 2.71. The topological polar surface area (TPSA) is 116 Å². The molecule has 0 fully saturated rings. The SMILES string of the molecule is CCCCCNC(=O)c1nc2nc(SC)nc(NO)c2[nH]1. The number of aromatic amines is 1. The first-order valence-corrected chi connectivity index (χ1v) is 7.92. The Morgan fingerprint density at radius 2 is 2.14 bits per heavy atom. The lowest BCUT2D eigenvalue weighted by atomic mass is 10.2. The first-order chi connectivity index (χ1) is 10.2. The molecule has 2 aromatic heterocycles. The van der Waals surface area contributed by atoms with Crippen molar-refractivity contribution < 1.29 is 10.0 Å². The van der Waals surface area contributed by atoms with Crippen molar-refractivity contribution in [3.05, 3.63) is 5.82 Å². The molecular formula is C12H18N6O2S. The number of carbonyl (C=O) groups excluding carboxylic acids is 1. The molecule has 0 saturated heterocycles. The van der Waals surface area contributed by atoms with Gasteiger partial charge in [-0.2, -0.15) is 0 Å². The van der Waals surface area contributed by atoms with Crippen molar-refractivity contribution in [3.63, 3.8) is 0 Å². The van der Waals surface area contributed by atoms with Crippen LogP contribution < -0.4 is 10.8 Å². The van der Waals surface area contributed by atoms with E-state index in [0.29, 0.717) is 22.9 Å². The number of nitrogens with one attached hydrogen (secondary N) is 3. The molecule has 0 bridgehead atoms. The highest BCUT2D eigenvalue weighted by molar-refractivity contribution is 7.98. The van der Waals surface area contributed by atoms with E-state index in [1.165, 1.54) is 11.8 Å². The maximum Gasteiger partial charge on any atom is 0.287 e. The number of fused-ring (bicyclic) bond motifs is 1. The number of anilines is 1. The molecule has 2 rings (SSSR count). The summed E-state index contributed by atoms with van der Waals surface area (Å²) in [4.78, 5) is 27.2. The first kappa shape index (κ1) is 15.5. The molecule has 0 aliphatic rings. The molecule has 0 unspecified atom stereocenters. The Morgan fingerprint density at radius 3 is 2.81 bits per heavy atom. The second-order valence-electron chi connectivity index (χ2n) is 4.42. The molecule has 21 heavy (non-hydrogen) atoms. The second-order valence-corrected chi connectivity index (χ2v) is 5.19. The molecule has 2 aromatic rings.